The van der Waals surface area contributed by atoms with Crippen molar-refractivity contribution in [3.8, 4) is 0 Å². The Morgan fingerprint density at radius 1 is 1.44 bits per heavy atom. The van der Waals surface area contributed by atoms with Crippen molar-refractivity contribution in [1.29, 1.82) is 0 Å². The molecule has 0 spiro atoms. The second-order valence-electron chi connectivity index (χ2n) is 6.23. The number of fused-ring (bicyclic) bond motifs is 1. The number of nitrogens with one attached hydrogen (secondary N) is 1. The Balaban J connectivity index is 1.95. The van der Waals surface area contributed by atoms with Crippen LogP contribution < -0.4 is 5.32 Å². The van der Waals surface area contributed by atoms with Crippen LogP contribution in [0.3, 0.4) is 0 Å². The summed E-state index contributed by atoms with van der Waals surface area (Å²) < 4.78 is 6.18. The summed E-state index contributed by atoms with van der Waals surface area (Å²) in [5.74, 6) is -0.335. The number of hydrogen-bond acceptors (Lipinski definition) is 5. The standard InChI is InChI=1S/C19H24BrN3O2/c1-3-23-9-5-6-14(23)11-22-18-15-10-13(20)7-8-17(15)21-12-16(18)19(24)25-4-2/h7-8,10,12,14H,3-6,9,11H2,1-2H3,(H,21,22). The third-order valence-corrected chi connectivity index (χ3v) is 5.24. The van der Waals surface area contributed by atoms with Crippen LogP contribution in [-0.4, -0.2) is 48.1 Å². The molecule has 5 nitrogen and oxygen atoms in total. The van der Waals surface area contributed by atoms with Gasteiger partial charge in [0.2, 0.25) is 0 Å². The van der Waals surface area contributed by atoms with E-state index in [-0.39, 0.29) is 5.97 Å². The number of benzene rings is 1. The fourth-order valence-electron chi connectivity index (χ4n) is 3.48. The lowest BCUT2D eigenvalue weighted by atomic mass is 10.1. The van der Waals surface area contributed by atoms with Crippen molar-refractivity contribution in [1.82, 2.24) is 9.88 Å². The number of carbonyl (C=O) groups excluding carboxylic acids is 1. The third kappa shape index (κ3) is 3.96. The number of esters is 1. The lowest BCUT2D eigenvalue weighted by Gasteiger charge is -2.24. The fraction of sp³-hybridized carbons (Fsp3) is 0.474. The number of ether oxygens (including phenoxy) is 1. The SMILES string of the molecule is CCOC(=O)c1cnc2ccc(Br)cc2c1NCC1CCCN1CC. The van der Waals surface area contributed by atoms with Crippen LogP contribution in [0.25, 0.3) is 10.9 Å². The highest BCUT2D eigenvalue weighted by molar-refractivity contribution is 9.10. The second kappa shape index (κ2) is 8.15. The van der Waals surface area contributed by atoms with E-state index in [2.05, 4.69) is 38.1 Å². The molecule has 1 N–H and O–H groups in total. The van der Waals surface area contributed by atoms with Crippen molar-refractivity contribution in [3.05, 3.63) is 34.4 Å². The van der Waals surface area contributed by atoms with Crippen LogP contribution in [0, 0.1) is 0 Å². The molecule has 134 valence electrons. The number of aromatic nitrogens is 1. The Labute approximate surface area is 156 Å². The summed E-state index contributed by atoms with van der Waals surface area (Å²) in [5, 5.41) is 4.46. The van der Waals surface area contributed by atoms with E-state index in [9.17, 15) is 4.79 Å². The minimum Gasteiger partial charge on any atom is -0.462 e. The summed E-state index contributed by atoms with van der Waals surface area (Å²) in [6, 6.07) is 6.40. The number of halogens is 1. The number of likely N-dealkylation sites (N-methyl/N-ethyl adjacent to an activating group) is 1. The molecule has 1 aliphatic rings. The van der Waals surface area contributed by atoms with E-state index in [4.69, 9.17) is 4.74 Å². The van der Waals surface area contributed by atoms with Gasteiger partial charge >= 0.3 is 5.97 Å². The van der Waals surface area contributed by atoms with E-state index in [0.717, 1.165) is 40.7 Å². The lowest BCUT2D eigenvalue weighted by Crippen LogP contribution is -2.35. The fourth-order valence-corrected chi connectivity index (χ4v) is 3.84. The number of likely N-dealkylation sites (tertiary alicyclic amines) is 1. The number of rotatable bonds is 6. The quantitative estimate of drug-likeness (QED) is 0.733. The van der Waals surface area contributed by atoms with Crippen molar-refractivity contribution in [3.63, 3.8) is 0 Å². The van der Waals surface area contributed by atoms with E-state index < -0.39 is 0 Å². The van der Waals surface area contributed by atoms with Crippen LogP contribution in [0.2, 0.25) is 0 Å². The normalized spacial score (nSPS) is 17.8. The molecule has 25 heavy (non-hydrogen) atoms. The van der Waals surface area contributed by atoms with Crippen LogP contribution >= 0.6 is 15.9 Å². The van der Waals surface area contributed by atoms with Crippen molar-refractivity contribution in [2.75, 3.05) is 31.6 Å². The molecule has 1 saturated heterocycles. The van der Waals surface area contributed by atoms with Gasteiger partial charge in [0.1, 0.15) is 5.56 Å². The summed E-state index contributed by atoms with van der Waals surface area (Å²) >= 11 is 3.52. The molecule has 1 aromatic heterocycles. The lowest BCUT2D eigenvalue weighted by molar-refractivity contribution is 0.0527. The second-order valence-corrected chi connectivity index (χ2v) is 7.15. The van der Waals surface area contributed by atoms with Gasteiger partial charge in [-0.3, -0.25) is 9.88 Å². The van der Waals surface area contributed by atoms with Crippen molar-refractivity contribution >= 4 is 38.5 Å². The van der Waals surface area contributed by atoms with Gasteiger partial charge in [-0.2, -0.15) is 0 Å². The van der Waals surface area contributed by atoms with E-state index in [1.54, 1.807) is 6.20 Å². The zero-order valence-corrected chi connectivity index (χ0v) is 16.3. The number of carbonyl (C=O) groups is 1. The largest absolute Gasteiger partial charge is 0.462 e. The zero-order valence-electron chi connectivity index (χ0n) is 14.7. The first-order valence-electron chi connectivity index (χ1n) is 8.87. The molecule has 0 radical (unpaired) electrons. The molecule has 0 amide bonds. The summed E-state index contributed by atoms with van der Waals surface area (Å²) in [5.41, 5.74) is 2.17. The monoisotopic (exact) mass is 405 g/mol. The Bertz CT molecular complexity index is 766. The smallest absolute Gasteiger partial charge is 0.341 e. The molecule has 1 aromatic carbocycles. The maximum Gasteiger partial charge on any atom is 0.341 e. The average Bonchev–Trinajstić information content (AvgIpc) is 3.07. The van der Waals surface area contributed by atoms with E-state index >= 15 is 0 Å². The molecule has 3 rings (SSSR count). The van der Waals surface area contributed by atoms with Gasteiger partial charge in [0.25, 0.3) is 0 Å². The molecule has 2 heterocycles. The molecular weight excluding hydrogens is 382 g/mol. The Kier molecular flexibility index (Phi) is 5.91. The van der Waals surface area contributed by atoms with Gasteiger partial charge in [0, 0.05) is 28.6 Å². The minimum atomic E-state index is -0.335. The van der Waals surface area contributed by atoms with Crippen LogP contribution in [0.1, 0.15) is 37.0 Å². The first-order chi connectivity index (χ1) is 12.1. The number of nitrogens with zero attached hydrogens (tertiary/aromatic N) is 2. The molecule has 0 saturated carbocycles. The Morgan fingerprint density at radius 2 is 2.28 bits per heavy atom. The van der Waals surface area contributed by atoms with Gasteiger partial charge in [-0.15, -0.1) is 0 Å². The van der Waals surface area contributed by atoms with Crippen molar-refractivity contribution in [2.45, 2.75) is 32.7 Å². The molecule has 2 aromatic rings. The van der Waals surface area contributed by atoms with Crippen molar-refractivity contribution < 1.29 is 9.53 Å². The third-order valence-electron chi connectivity index (χ3n) is 4.75. The summed E-state index contributed by atoms with van der Waals surface area (Å²) in [6.45, 7) is 7.37. The van der Waals surface area contributed by atoms with Gasteiger partial charge in [-0.05, 0) is 51.1 Å². The highest BCUT2D eigenvalue weighted by Gasteiger charge is 2.24. The topological polar surface area (TPSA) is 54.5 Å². The first-order valence-corrected chi connectivity index (χ1v) is 9.66. The summed E-state index contributed by atoms with van der Waals surface area (Å²) in [4.78, 5) is 19.3. The predicted molar refractivity (Wildman–Crippen MR) is 104 cm³/mol. The van der Waals surface area contributed by atoms with Crippen molar-refractivity contribution in [2.24, 2.45) is 0 Å². The molecule has 1 atom stereocenters. The van der Waals surface area contributed by atoms with E-state index in [1.165, 1.54) is 12.8 Å². The average molecular weight is 406 g/mol. The minimum absolute atomic E-state index is 0.335. The number of hydrogen-bond donors (Lipinski definition) is 1. The zero-order chi connectivity index (χ0) is 17.8. The summed E-state index contributed by atoms with van der Waals surface area (Å²) in [7, 11) is 0. The molecule has 1 aliphatic heterocycles. The number of pyridine rings is 1. The molecule has 0 bridgehead atoms. The first kappa shape index (κ1) is 18.1. The summed E-state index contributed by atoms with van der Waals surface area (Å²) in [6.07, 6.45) is 4.03. The van der Waals surface area contributed by atoms with E-state index in [1.807, 2.05) is 25.1 Å². The molecule has 1 fully saturated rings. The van der Waals surface area contributed by atoms with Gasteiger partial charge < -0.3 is 10.1 Å². The maximum atomic E-state index is 12.4. The maximum absolute atomic E-state index is 12.4. The van der Waals surface area contributed by atoms with Crippen LogP contribution in [0.4, 0.5) is 5.69 Å². The Morgan fingerprint density at radius 3 is 3.04 bits per heavy atom. The van der Waals surface area contributed by atoms with Crippen LogP contribution in [0.15, 0.2) is 28.9 Å². The van der Waals surface area contributed by atoms with Crippen LogP contribution in [-0.2, 0) is 4.74 Å². The van der Waals surface area contributed by atoms with Gasteiger partial charge in [-0.1, -0.05) is 22.9 Å². The Hall–Kier alpha value is -1.66. The predicted octanol–water partition coefficient (Wildman–Crippen LogP) is 4.07. The highest BCUT2D eigenvalue weighted by atomic mass is 79.9. The number of anilines is 1. The molecule has 0 aliphatic carbocycles. The van der Waals surface area contributed by atoms with E-state index in [0.29, 0.717) is 18.2 Å². The van der Waals surface area contributed by atoms with Gasteiger partial charge in [0.15, 0.2) is 0 Å². The molecule has 1 unspecified atom stereocenters. The van der Waals surface area contributed by atoms with Gasteiger partial charge in [-0.25, -0.2) is 4.79 Å². The molecular formula is C19H24BrN3O2. The van der Waals surface area contributed by atoms with Gasteiger partial charge in [0.05, 0.1) is 17.8 Å². The highest BCUT2D eigenvalue weighted by Crippen LogP contribution is 2.30. The van der Waals surface area contributed by atoms with Crippen LogP contribution in [0.5, 0.6) is 0 Å². The molecule has 6 heteroatoms.